The van der Waals surface area contributed by atoms with Crippen molar-refractivity contribution in [1.82, 2.24) is 9.80 Å². The molecule has 0 aromatic heterocycles. The molecule has 0 bridgehead atoms. The van der Waals surface area contributed by atoms with Gasteiger partial charge in [0.2, 0.25) is 0 Å². The molecule has 0 radical (unpaired) electrons. The van der Waals surface area contributed by atoms with Crippen molar-refractivity contribution in [2.75, 3.05) is 25.0 Å². The molecular formula is C28H20Cl2N4O5. The van der Waals surface area contributed by atoms with Gasteiger partial charge in [0.1, 0.15) is 5.54 Å². The third-order valence-electron chi connectivity index (χ3n) is 7.28. The SMILES string of the molecule is CN1C(=O)N(c2cc(Cl)cc(Cl)c2)C(=O)C12CN(C(=O)c1ccc(C(=O)O)cc1)C[C@H]2c1ccc(C#N)cc1. The third kappa shape index (κ3) is 4.28. The first-order chi connectivity index (χ1) is 18.6. The van der Waals surface area contributed by atoms with Gasteiger partial charge in [0.05, 0.1) is 29.4 Å². The number of amides is 4. The lowest BCUT2D eigenvalue weighted by Gasteiger charge is -2.33. The Morgan fingerprint density at radius 3 is 2.13 bits per heavy atom. The van der Waals surface area contributed by atoms with Crippen LogP contribution in [0.2, 0.25) is 10.0 Å². The molecule has 2 saturated heterocycles. The van der Waals surface area contributed by atoms with Crippen LogP contribution in [0.1, 0.15) is 37.8 Å². The van der Waals surface area contributed by atoms with Crippen LogP contribution in [-0.2, 0) is 4.79 Å². The summed E-state index contributed by atoms with van der Waals surface area (Å²) in [6, 6.07) is 18.0. The van der Waals surface area contributed by atoms with E-state index in [-0.39, 0.29) is 39.9 Å². The van der Waals surface area contributed by atoms with E-state index >= 15 is 0 Å². The van der Waals surface area contributed by atoms with Crippen LogP contribution in [0.5, 0.6) is 0 Å². The Bertz CT molecular complexity index is 1550. The van der Waals surface area contributed by atoms with Crippen molar-refractivity contribution in [2.45, 2.75) is 11.5 Å². The summed E-state index contributed by atoms with van der Waals surface area (Å²) in [4.78, 5) is 56.4. The first-order valence-electron chi connectivity index (χ1n) is 11.8. The van der Waals surface area contributed by atoms with Gasteiger partial charge in [-0.3, -0.25) is 9.59 Å². The van der Waals surface area contributed by atoms with Crippen LogP contribution >= 0.6 is 23.2 Å². The maximum absolute atomic E-state index is 14.2. The molecule has 11 heteroatoms. The summed E-state index contributed by atoms with van der Waals surface area (Å²) in [7, 11) is 1.51. The van der Waals surface area contributed by atoms with E-state index in [1.165, 1.54) is 59.3 Å². The van der Waals surface area contributed by atoms with Crippen molar-refractivity contribution in [3.63, 3.8) is 0 Å². The van der Waals surface area contributed by atoms with Crippen LogP contribution in [0.25, 0.3) is 0 Å². The molecule has 0 aliphatic carbocycles. The van der Waals surface area contributed by atoms with Crippen molar-refractivity contribution in [1.29, 1.82) is 5.26 Å². The first kappa shape index (κ1) is 26.2. The van der Waals surface area contributed by atoms with Crippen LogP contribution in [0.3, 0.4) is 0 Å². The summed E-state index contributed by atoms with van der Waals surface area (Å²) in [6.07, 6.45) is 0. The molecule has 2 aliphatic heterocycles. The van der Waals surface area contributed by atoms with Crippen molar-refractivity contribution >= 4 is 52.7 Å². The first-order valence-corrected chi connectivity index (χ1v) is 12.5. The average molecular weight is 563 g/mol. The number of hydrogen-bond acceptors (Lipinski definition) is 5. The average Bonchev–Trinajstić information content (AvgIpc) is 3.41. The van der Waals surface area contributed by atoms with Crippen LogP contribution in [0.4, 0.5) is 10.5 Å². The number of aromatic carboxylic acids is 1. The highest BCUT2D eigenvalue weighted by atomic mass is 35.5. The number of likely N-dealkylation sites (N-methyl/N-ethyl adjacent to an activating group) is 1. The fraction of sp³-hybridized carbons (Fsp3) is 0.179. The lowest BCUT2D eigenvalue weighted by Crippen LogP contribution is -2.54. The fourth-order valence-electron chi connectivity index (χ4n) is 5.30. The lowest BCUT2D eigenvalue weighted by atomic mass is 9.80. The number of imide groups is 1. The van der Waals surface area contributed by atoms with Crippen molar-refractivity contribution in [2.24, 2.45) is 0 Å². The third-order valence-corrected chi connectivity index (χ3v) is 7.71. The topological polar surface area (TPSA) is 122 Å². The van der Waals surface area contributed by atoms with E-state index in [1.807, 2.05) is 0 Å². The van der Waals surface area contributed by atoms with Crippen LogP contribution < -0.4 is 4.90 Å². The molecular weight excluding hydrogens is 543 g/mol. The number of carbonyl (C=O) groups excluding carboxylic acids is 3. The summed E-state index contributed by atoms with van der Waals surface area (Å²) in [5.74, 6) is -2.71. The number of urea groups is 1. The molecule has 2 heterocycles. The van der Waals surface area contributed by atoms with Gasteiger partial charge in [0.25, 0.3) is 11.8 Å². The van der Waals surface area contributed by atoms with Gasteiger partial charge < -0.3 is 14.9 Å². The molecule has 1 spiro atoms. The van der Waals surface area contributed by atoms with Crippen molar-refractivity contribution in [3.8, 4) is 6.07 Å². The molecule has 4 amide bonds. The number of benzene rings is 3. The van der Waals surface area contributed by atoms with Crippen LogP contribution in [0.15, 0.2) is 66.7 Å². The number of carboxylic acid groups (broad SMARTS) is 1. The molecule has 5 rings (SSSR count). The van der Waals surface area contributed by atoms with Gasteiger partial charge in [-0.1, -0.05) is 35.3 Å². The van der Waals surface area contributed by atoms with Crippen LogP contribution in [-0.4, -0.2) is 64.4 Å². The van der Waals surface area contributed by atoms with Crippen molar-refractivity contribution < 1.29 is 24.3 Å². The molecule has 2 atom stereocenters. The Hall–Kier alpha value is -4.39. The number of likely N-dealkylation sites (tertiary alicyclic amines) is 1. The van der Waals surface area contributed by atoms with E-state index < -0.39 is 35.3 Å². The smallest absolute Gasteiger partial charge is 0.335 e. The number of anilines is 1. The Labute approximate surface area is 233 Å². The summed E-state index contributed by atoms with van der Waals surface area (Å²) >= 11 is 12.3. The highest BCUT2D eigenvalue weighted by molar-refractivity contribution is 6.36. The number of carboxylic acids is 1. The van der Waals surface area contributed by atoms with E-state index in [9.17, 15) is 29.5 Å². The van der Waals surface area contributed by atoms with E-state index in [0.29, 0.717) is 11.1 Å². The summed E-state index contributed by atoms with van der Waals surface area (Å²) in [5, 5.41) is 18.9. The Morgan fingerprint density at radius 2 is 1.56 bits per heavy atom. The van der Waals surface area contributed by atoms with E-state index in [2.05, 4.69) is 6.07 Å². The van der Waals surface area contributed by atoms with Crippen LogP contribution in [0, 0.1) is 11.3 Å². The molecule has 3 aromatic rings. The molecule has 1 N–H and O–H groups in total. The zero-order chi connectivity index (χ0) is 28.1. The maximum atomic E-state index is 14.2. The predicted molar refractivity (Wildman–Crippen MR) is 143 cm³/mol. The van der Waals surface area contributed by atoms with Gasteiger partial charge in [-0.2, -0.15) is 5.26 Å². The molecule has 2 aliphatic rings. The number of nitrogens with zero attached hydrogens (tertiary/aromatic N) is 4. The zero-order valence-corrected chi connectivity index (χ0v) is 22.0. The number of nitriles is 1. The molecule has 0 saturated carbocycles. The van der Waals surface area contributed by atoms with Gasteiger partial charge >= 0.3 is 12.0 Å². The normalized spacial score (nSPS) is 20.6. The quantitative estimate of drug-likeness (QED) is 0.462. The Balaban J connectivity index is 1.59. The fourth-order valence-corrected chi connectivity index (χ4v) is 5.81. The largest absolute Gasteiger partial charge is 0.478 e. The van der Waals surface area contributed by atoms with Gasteiger partial charge in [0.15, 0.2) is 0 Å². The number of carbonyl (C=O) groups is 4. The van der Waals surface area contributed by atoms with Gasteiger partial charge in [-0.05, 0) is 60.2 Å². The highest BCUT2D eigenvalue weighted by Crippen LogP contribution is 2.47. The second kappa shape index (κ2) is 9.73. The van der Waals surface area contributed by atoms with E-state index in [1.54, 1.807) is 24.3 Å². The molecule has 196 valence electrons. The van der Waals surface area contributed by atoms with Gasteiger partial charge in [0, 0.05) is 35.1 Å². The molecule has 1 unspecified atom stereocenters. The highest BCUT2D eigenvalue weighted by Gasteiger charge is 2.65. The zero-order valence-electron chi connectivity index (χ0n) is 20.5. The minimum Gasteiger partial charge on any atom is -0.478 e. The van der Waals surface area contributed by atoms with Crippen molar-refractivity contribution in [3.05, 3.63) is 99.0 Å². The summed E-state index contributed by atoms with van der Waals surface area (Å²) in [5.41, 5.74) is 0.120. The molecule has 39 heavy (non-hydrogen) atoms. The minimum atomic E-state index is -1.46. The maximum Gasteiger partial charge on any atom is 0.335 e. The van der Waals surface area contributed by atoms with Gasteiger partial charge in [-0.15, -0.1) is 0 Å². The van der Waals surface area contributed by atoms with E-state index in [0.717, 1.165) is 4.90 Å². The predicted octanol–water partition coefficient (Wildman–Crippen LogP) is 4.64. The number of rotatable bonds is 4. The number of halogens is 2. The van der Waals surface area contributed by atoms with Gasteiger partial charge in [-0.25, -0.2) is 14.5 Å². The van der Waals surface area contributed by atoms with E-state index in [4.69, 9.17) is 23.2 Å². The summed E-state index contributed by atoms with van der Waals surface area (Å²) < 4.78 is 0. The number of hydrogen-bond donors (Lipinski definition) is 1. The molecule has 3 aromatic carbocycles. The second-order valence-corrected chi connectivity index (χ2v) is 10.3. The standard InChI is InChI=1S/C28H20Cl2N4O5/c1-32-27(39)34(22-11-20(29)10-21(30)12-22)26(38)28(32)15-33(14-23(28)17-4-2-16(13-31)3-5-17)24(35)18-6-8-19(9-7-18)25(36)37/h2-12,23H,14-15H2,1H3,(H,36,37)/t23-,28?/m0/s1. The minimum absolute atomic E-state index is 0.0343. The summed E-state index contributed by atoms with van der Waals surface area (Å²) in [6.45, 7) is -0.0119. The molecule has 9 nitrogen and oxygen atoms in total. The Morgan fingerprint density at radius 1 is 0.974 bits per heavy atom. The lowest BCUT2D eigenvalue weighted by molar-refractivity contribution is -0.124. The Kier molecular flexibility index (Phi) is 6.54. The molecule has 2 fully saturated rings. The second-order valence-electron chi connectivity index (χ2n) is 9.39. The monoisotopic (exact) mass is 562 g/mol.